The smallest absolute Gasteiger partial charge is 0.295 e. The molecule has 138 valence electrons. The van der Waals surface area contributed by atoms with E-state index < -0.39 is 11.7 Å². The van der Waals surface area contributed by atoms with Gasteiger partial charge < -0.3 is 9.88 Å². The van der Waals surface area contributed by atoms with Crippen LogP contribution in [0.3, 0.4) is 0 Å². The molecule has 0 aliphatic carbocycles. The van der Waals surface area contributed by atoms with Crippen LogP contribution in [0, 0.1) is 6.57 Å². The largest absolute Gasteiger partial charge is 0.360 e. The number of carbonyl (C=O) groups is 2. The number of carbonyl (C=O) groups excluding carboxylic acids is 2. The normalized spacial score (nSPS) is 14.0. The number of ketones is 1. The second kappa shape index (κ2) is 7.53. The molecule has 5 nitrogen and oxygen atoms in total. The summed E-state index contributed by atoms with van der Waals surface area (Å²) >= 11 is 0. The van der Waals surface area contributed by atoms with Gasteiger partial charge in [-0.3, -0.25) is 9.59 Å². The lowest BCUT2D eigenvalue weighted by Gasteiger charge is -2.28. The second-order valence-corrected chi connectivity index (χ2v) is 6.80. The Hall–Kier alpha value is -3.65. The van der Waals surface area contributed by atoms with Gasteiger partial charge in [-0.2, -0.15) is 0 Å². The van der Waals surface area contributed by atoms with Gasteiger partial charge in [0.25, 0.3) is 11.7 Å². The van der Waals surface area contributed by atoms with E-state index >= 15 is 0 Å². The van der Waals surface area contributed by atoms with Crippen molar-refractivity contribution in [3.05, 3.63) is 88.9 Å². The van der Waals surface area contributed by atoms with Crippen LogP contribution in [0.4, 0.5) is 0 Å². The number of hydrogen-bond donors (Lipinski definition) is 1. The number of benzene rings is 2. The second-order valence-electron chi connectivity index (χ2n) is 6.80. The van der Waals surface area contributed by atoms with Crippen molar-refractivity contribution in [2.24, 2.45) is 0 Å². The number of rotatable bonds is 3. The quantitative estimate of drug-likeness (QED) is 0.425. The summed E-state index contributed by atoms with van der Waals surface area (Å²) in [6.07, 6.45) is 2.83. The predicted octanol–water partition coefficient (Wildman–Crippen LogP) is 4.30. The molecule has 28 heavy (non-hydrogen) atoms. The van der Waals surface area contributed by atoms with E-state index in [2.05, 4.69) is 9.83 Å². The Bertz CT molecular complexity index is 1110. The molecule has 1 N–H and O–H groups in total. The number of Topliss-reactive ketones (excluding diaryl/α,β-unsaturated/α-hetero) is 1. The maximum atomic E-state index is 12.7. The molecule has 0 atom stereocenters. The SMILES string of the molecule is [C-]#[N+]C(=C1CCN(C(=O)C(=O)c2c[nH]c3ccccc23)CC1)c1ccccc1. The Kier molecular flexibility index (Phi) is 4.77. The number of nitrogens with zero attached hydrogens (tertiary/aromatic N) is 2. The van der Waals surface area contributed by atoms with E-state index in [-0.39, 0.29) is 0 Å². The van der Waals surface area contributed by atoms with Crippen LogP contribution < -0.4 is 0 Å². The molecule has 0 radical (unpaired) electrons. The van der Waals surface area contributed by atoms with E-state index in [0.717, 1.165) is 22.0 Å². The van der Waals surface area contributed by atoms with Gasteiger partial charge in [0.1, 0.15) is 0 Å². The Morgan fingerprint density at radius 3 is 2.36 bits per heavy atom. The van der Waals surface area contributed by atoms with Gasteiger partial charge in [-0.25, -0.2) is 4.85 Å². The van der Waals surface area contributed by atoms with Crippen molar-refractivity contribution < 1.29 is 9.59 Å². The molecule has 0 saturated carbocycles. The van der Waals surface area contributed by atoms with E-state index in [9.17, 15) is 9.59 Å². The lowest BCUT2D eigenvalue weighted by Crippen LogP contribution is -2.40. The maximum Gasteiger partial charge on any atom is 0.295 e. The van der Waals surface area contributed by atoms with Crippen LogP contribution in [0.15, 0.2) is 66.4 Å². The fourth-order valence-corrected chi connectivity index (χ4v) is 3.68. The zero-order chi connectivity index (χ0) is 19.5. The van der Waals surface area contributed by atoms with Crippen LogP contribution in [0.5, 0.6) is 0 Å². The average molecular weight is 369 g/mol. The first-order chi connectivity index (χ1) is 13.7. The highest BCUT2D eigenvalue weighted by Crippen LogP contribution is 2.28. The highest BCUT2D eigenvalue weighted by Gasteiger charge is 2.28. The highest BCUT2D eigenvalue weighted by atomic mass is 16.2. The summed E-state index contributed by atoms with van der Waals surface area (Å²) in [6.45, 7) is 8.44. The average Bonchev–Trinajstić information content (AvgIpc) is 3.19. The number of nitrogens with one attached hydrogen (secondary N) is 1. The van der Waals surface area contributed by atoms with Crippen LogP contribution in [0.2, 0.25) is 0 Å². The van der Waals surface area contributed by atoms with Gasteiger partial charge in [0.2, 0.25) is 0 Å². The standard InChI is InChI=1S/C23H19N3O2/c1-24-21(16-7-3-2-4-8-16)17-11-13-26(14-12-17)23(28)22(27)19-15-25-20-10-6-5-9-18(19)20/h2-10,15,25H,11-14H2. The van der Waals surface area contributed by atoms with Crippen LogP contribution >= 0.6 is 0 Å². The predicted molar refractivity (Wildman–Crippen MR) is 108 cm³/mol. The van der Waals surface area contributed by atoms with Crippen LogP contribution in [0.1, 0.15) is 28.8 Å². The summed E-state index contributed by atoms with van der Waals surface area (Å²) < 4.78 is 0. The van der Waals surface area contributed by atoms with E-state index in [1.165, 1.54) is 0 Å². The summed E-state index contributed by atoms with van der Waals surface area (Å²) in [5, 5.41) is 0.762. The molecule has 0 spiro atoms. The van der Waals surface area contributed by atoms with Gasteiger partial charge >= 0.3 is 0 Å². The monoisotopic (exact) mass is 369 g/mol. The molecule has 1 amide bonds. The van der Waals surface area contributed by atoms with Gasteiger partial charge in [-0.05, 0) is 24.5 Å². The summed E-state index contributed by atoms with van der Waals surface area (Å²) in [5.74, 6) is -0.966. The first-order valence-electron chi connectivity index (χ1n) is 9.23. The van der Waals surface area contributed by atoms with Crippen molar-refractivity contribution in [3.63, 3.8) is 0 Å². The summed E-state index contributed by atoms with van der Waals surface area (Å²) in [7, 11) is 0. The van der Waals surface area contributed by atoms with Crippen LogP contribution in [-0.4, -0.2) is 34.7 Å². The number of aromatic nitrogens is 1. The van der Waals surface area contributed by atoms with Crippen molar-refractivity contribution in [2.45, 2.75) is 12.8 Å². The third-order valence-electron chi connectivity index (χ3n) is 5.18. The molecule has 0 bridgehead atoms. The molecule has 1 aliphatic heterocycles. The fraction of sp³-hybridized carbons (Fsp3) is 0.174. The number of fused-ring (bicyclic) bond motifs is 1. The Balaban J connectivity index is 1.50. The number of aromatic amines is 1. The molecule has 4 rings (SSSR count). The topological polar surface area (TPSA) is 57.5 Å². The molecule has 1 aliphatic rings. The fourth-order valence-electron chi connectivity index (χ4n) is 3.68. The van der Waals surface area contributed by atoms with E-state index in [4.69, 9.17) is 6.57 Å². The van der Waals surface area contributed by atoms with Gasteiger partial charge in [0.05, 0.1) is 12.1 Å². The Morgan fingerprint density at radius 1 is 0.964 bits per heavy atom. The lowest BCUT2D eigenvalue weighted by molar-refractivity contribution is -0.126. The van der Waals surface area contributed by atoms with Crippen LogP contribution in [-0.2, 0) is 4.79 Å². The van der Waals surface area contributed by atoms with Gasteiger partial charge in [0.15, 0.2) is 5.70 Å². The van der Waals surface area contributed by atoms with Crippen molar-refractivity contribution in [1.29, 1.82) is 0 Å². The summed E-state index contributed by atoms with van der Waals surface area (Å²) in [4.78, 5) is 33.8. The zero-order valence-electron chi connectivity index (χ0n) is 15.3. The molecular weight excluding hydrogens is 350 g/mol. The molecule has 1 saturated heterocycles. The van der Waals surface area contributed by atoms with Crippen LogP contribution in [0.25, 0.3) is 21.4 Å². The third kappa shape index (κ3) is 3.21. The minimum absolute atomic E-state index is 0.410. The Morgan fingerprint density at radius 2 is 1.64 bits per heavy atom. The first-order valence-corrected chi connectivity index (χ1v) is 9.23. The number of hydrogen-bond acceptors (Lipinski definition) is 2. The number of para-hydroxylation sites is 1. The van der Waals surface area contributed by atoms with Gasteiger partial charge in [-0.15, -0.1) is 0 Å². The number of piperidine rings is 1. The molecule has 1 fully saturated rings. The minimum atomic E-state index is -0.488. The molecule has 2 heterocycles. The molecule has 0 unspecified atom stereocenters. The third-order valence-corrected chi connectivity index (χ3v) is 5.18. The molecular formula is C23H19N3O2. The lowest BCUT2D eigenvalue weighted by atomic mass is 9.97. The van der Waals surface area contributed by atoms with E-state index in [0.29, 0.717) is 37.2 Å². The maximum absolute atomic E-state index is 12.7. The molecule has 5 heteroatoms. The Labute approximate surface area is 163 Å². The minimum Gasteiger partial charge on any atom is -0.360 e. The number of H-pyrrole nitrogens is 1. The first kappa shape index (κ1) is 17.7. The van der Waals surface area contributed by atoms with Crippen molar-refractivity contribution in [2.75, 3.05) is 13.1 Å². The summed E-state index contributed by atoms with van der Waals surface area (Å²) in [5.41, 5.74) is 3.86. The number of likely N-dealkylation sites (tertiary alicyclic amines) is 1. The molecule has 3 aromatic rings. The van der Waals surface area contributed by atoms with E-state index in [1.54, 1.807) is 11.1 Å². The highest BCUT2D eigenvalue weighted by molar-refractivity contribution is 6.44. The van der Waals surface area contributed by atoms with Crippen molar-refractivity contribution in [1.82, 2.24) is 9.88 Å². The zero-order valence-corrected chi connectivity index (χ0v) is 15.3. The summed E-state index contributed by atoms with van der Waals surface area (Å²) in [6, 6.07) is 17.1. The number of amides is 1. The van der Waals surface area contributed by atoms with Crippen molar-refractivity contribution in [3.8, 4) is 0 Å². The molecule has 1 aromatic heterocycles. The van der Waals surface area contributed by atoms with Crippen molar-refractivity contribution >= 4 is 28.3 Å². The van der Waals surface area contributed by atoms with Gasteiger partial charge in [0, 0.05) is 30.2 Å². The van der Waals surface area contributed by atoms with E-state index in [1.807, 2.05) is 54.6 Å². The van der Waals surface area contributed by atoms with Gasteiger partial charge in [-0.1, -0.05) is 54.1 Å². The molecule has 2 aromatic carbocycles.